The molecule has 2 aromatic heterocycles. The van der Waals surface area contributed by atoms with Crippen LogP contribution < -0.4 is 0 Å². The lowest BCUT2D eigenvalue weighted by Crippen LogP contribution is -2.23. The highest BCUT2D eigenvalue weighted by Gasteiger charge is 2.10. The lowest BCUT2D eigenvalue weighted by molar-refractivity contribution is -0.125. The maximum absolute atomic E-state index is 12.0. The van der Waals surface area contributed by atoms with Crippen LogP contribution in [0.2, 0.25) is 5.15 Å². The van der Waals surface area contributed by atoms with Crippen LogP contribution in [0.25, 0.3) is 6.08 Å². The monoisotopic (exact) mass is 293 g/mol. The maximum Gasteiger partial charge on any atom is 0.246 e. The van der Waals surface area contributed by atoms with E-state index in [1.165, 1.54) is 6.08 Å². The fourth-order valence-corrected chi connectivity index (χ4v) is 2.07. The first-order valence-electron chi connectivity index (χ1n) is 6.13. The van der Waals surface area contributed by atoms with Crippen molar-refractivity contribution in [1.29, 1.82) is 0 Å². The minimum Gasteiger partial charge on any atom is -0.467 e. The molecular formula is C14H16ClN3O2. The Morgan fingerprint density at radius 2 is 2.35 bits per heavy atom. The molecule has 0 spiro atoms. The smallest absolute Gasteiger partial charge is 0.246 e. The van der Waals surface area contributed by atoms with Gasteiger partial charge in [0.05, 0.1) is 18.5 Å². The molecule has 0 radical (unpaired) electrons. The third kappa shape index (κ3) is 3.11. The van der Waals surface area contributed by atoms with Gasteiger partial charge in [0.15, 0.2) is 0 Å². The number of aromatic nitrogens is 2. The highest BCUT2D eigenvalue weighted by molar-refractivity contribution is 6.31. The quantitative estimate of drug-likeness (QED) is 0.814. The molecule has 5 nitrogen and oxygen atoms in total. The van der Waals surface area contributed by atoms with Crippen molar-refractivity contribution in [3.63, 3.8) is 0 Å². The Hall–Kier alpha value is -2.01. The average molecular weight is 294 g/mol. The Kier molecular flexibility index (Phi) is 4.29. The number of furan rings is 1. The number of nitrogens with zero attached hydrogens (tertiary/aromatic N) is 3. The molecule has 0 bridgehead atoms. The van der Waals surface area contributed by atoms with E-state index in [2.05, 4.69) is 5.10 Å². The number of hydrogen-bond acceptors (Lipinski definition) is 3. The molecule has 1 amide bonds. The van der Waals surface area contributed by atoms with Crippen LogP contribution >= 0.6 is 11.6 Å². The van der Waals surface area contributed by atoms with Gasteiger partial charge in [-0.05, 0) is 25.1 Å². The first-order chi connectivity index (χ1) is 9.49. The molecule has 0 saturated carbocycles. The van der Waals surface area contributed by atoms with E-state index in [1.54, 1.807) is 42.1 Å². The summed E-state index contributed by atoms with van der Waals surface area (Å²) < 4.78 is 6.78. The van der Waals surface area contributed by atoms with Gasteiger partial charge in [0.25, 0.3) is 0 Å². The van der Waals surface area contributed by atoms with E-state index < -0.39 is 0 Å². The molecule has 106 valence electrons. The van der Waals surface area contributed by atoms with Crippen molar-refractivity contribution in [2.75, 3.05) is 7.05 Å². The van der Waals surface area contributed by atoms with Crippen LogP contribution in [0, 0.1) is 6.92 Å². The van der Waals surface area contributed by atoms with Gasteiger partial charge < -0.3 is 9.32 Å². The largest absolute Gasteiger partial charge is 0.467 e. The molecule has 0 N–H and O–H groups in total. The van der Waals surface area contributed by atoms with Gasteiger partial charge in [-0.1, -0.05) is 11.6 Å². The van der Waals surface area contributed by atoms with Gasteiger partial charge in [-0.2, -0.15) is 5.10 Å². The van der Waals surface area contributed by atoms with Crippen molar-refractivity contribution in [3.8, 4) is 0 Å². The number of aryl methyl sites for hydroxylation is 2. The minimum absolute atomic E-state index is 0.124. The molecule has 0 aromatic carbocycles. The Labute approximate surface area is 122 Å². The number of hydrogen-bond donors (Lipinski definition) is 0. The number of likely N-dealkylation sites (N-methyl/N-ethyl adjacent to an activating group) is 1. The number of carbonyl (C=O) groups is 1. The molecule has 2 aromatic rings. The van der Waals surface area contributed by atoms with E-state index in [-0.39, 0.29) is 5.91 Å². The molecule has 0 fully saturated rings. The second-order valence-corrected chi connectivity index (χ2v) is 4.88. The van der Waals surface area contributed by atoms with Gasteiger partial charge in [-0.3, -0.25) is 9.48 Å². The third-order valence-corrected chi connectivity index (χ3v) is 3.39. The maximum atomic E-state index is 12.0. The Morgan fingerprint density at radius 3 is 2.90 bits per heavy atom. The Morgan fingerprint density at radius 1 is 1.60 bits per heavy atom. The number of amides is 1. The van der Waals surface area contributed by atoms with E-state index in [1.807, 2.05) is 13.0 Å². The first kappa shape index (κ1) is 14.4. The van der Waals surface area contributed by atoms with Gasteiger partial charge in [0, 0.05) is 25.7 Å². The van der Waals surface area contributed by atoms with Gasteiger partial charge in [-0.15, -0.1) is 0 Å². The predicted molar refractivity (Wildman–Crippen MR) is 77.2 cm³/mol. The van der Waals surface area contributed by atoms with Crippen molar-refractivity contribution in [3.05, 3.63) is 46.6 Å². The average Bonchev–Trinajstić information content (AvgIpc) is 2.98. The van der Waals surface area contributed by atoms with Gasteiger partial charge in [0.1, 0.15) is 10.9 Å². The molecule has 20 heavy (non-hydrogen) atoms. The molecule has 2 rings (SSSR count). The standard InChI is InChI=1S/C14H16ClN3O2/c1-10-12(14(15)18(3)16-10)6-7-13(19)17(2)9-11-5-4-8-20-11/h4-8H,9H2,1-3H3. The van der Waals surface area contributed by atoms with Crippen LogP contribution in [-0.2, 0) is 18.4 Å². The lowest BCUT2D eigenvalue weighted by Gasteiger charge is -2.12. The van der Waals surface area contributed by atoms with E-state index in [9.17, 15) is 4.79 Å². The molecule has 6 heteroatoms. The summed E-state index contributed by atoms with van der Waals surface area (Å²) in [6.45, 7) is 2.28. The van der Waals surface area contributed by atoms with Crippen LogP contribution in [-0.4, -0.2) is 27.6 Å². The zero-order valence-corrected chi connectivity index (χ0v) is 12.4. The van der Waals surface area contributed by atoms with Crippen LogP contribution in [0.5, 0.6) is 0 Å². The molecule has 0 unspecified atom stereocenters. The van der Waals surface area contributed by atoms with Crippen molar-refractivity contribution in [1.82, 2.24) is 14.7 Å². The fourth-order valence-electron chi connectivity index (χ4n) is 1.83. The normalized spacial score (nSPS) is 11.2. The van der Waals surface area contributed by atoms with Crippen molar-refractivity contribution in [2.45, 2.75) is 13.5 Å². The van der Waals surface area contributed by atoms with Crippen LogP contribution in [0.1, 0.15) is 17.0 Å². The molecule has 0 atom stereocenters. The van der Waals surface area contributed by atoms with Crippen LogP contribution in [0.4, 0.5) is 0 Å². The molecule has 0 aliphatic heterocycles. The van der Waals surface area contributed by atoms with Crippen molar-refractivity contribution >= 4 is 23.6 Å². The van der Waals surface area contributed by atoms with Gasteiger partial charge >= 0.3 is 0 Å². The minimum atomic E-state index is -0.124. The molecule has 2 heterocycles. The van der Waals surface area contributed by atoms with E-state index in [4.69, 9.17) is 16.0 Å². The molecular weight excluding hydrogens is 278 g/mol. The third-order valence-electron chi connectivity index (χ3n) is 2.94. The number of carbonyl (C=O) groups excluding carboxylic acids is 1. The summed E-state index contributed by atoms with van der Waals surface area (Å²) in [4.78, 5) is 13.6. The number of rotatable bonds is 4. The molecule has 0 aliphatic rings. The van der Waals surface area contributed by atoms with E-state index in [0.717, 1.165) is 17.0 Å². The summed E-state index contributed by atoms with van der Waals surface area (Å²) in [5.74, 6) is 0.616. The second-order valence-electron chi connectivity index (χ2n) is 4.52. The summed E-state index contributed by atoms with van der Waals surface area (Å²) in [7, 11) is 3.48. The summed E-state index contributed by atoms with van der Waals surface area (Å²) in [5, 5.41) is 4.70. The highest BCUT2D eigenvalue weighted by atomic mass is 35.5. The van der Waals surface area contributed by atoms with E-state index >= 15 is 0 Å². The van der Waals surface area contributed by atoms with E-state index in [0.29, 0.717) is 11.7 Å². The first-order valence-corrected chi connectivity index (χ1v) is 6.51. The highest BCUT2D eigenvalue weighted by Crippen LogP contribution is 2.20. The Balaban J connectivity index is 2.05. The summed E-state index contributed by atoms with van der Waals surface area (Å²) in [6.07, 6.45) is 4.76. The lowest BCUT2D eigenvalue weighted by atomic mass is 10.2. The van der Waals surface area contributed by atoms with Crippen molar-refractivity contribution in [2.24, 2.45) is 7.05 Å². The van der Waals surface area contributed by atoms with Gasteiger partial charge in [0.2, 0.25) is 5.91 Å². The molecule has 0 saturated heterocycles. The van der Waals surface area contributed by atoms with Crippen molar-refractivity contribution < 1.29 is 9.21 Å². The summed E-state index contributed by atoms with van der Waals surface area (Å²) in [6, 6.07) is 3.62. The van der Waals surface area contributed by atoms with Gasteiger partial charge in [-0.25, -0.2) is 0 Å². The number of halogens is 1. The summed E-state index contributed by atoms with van der Waals surface area (Å²) in [5.41, 5.74) is 1.55. The fraction of sp³-hybridized carbons (Fsp3) is 0.286. The predicted octanol–water partition coefficient (Wildman–Crippen LogP) is 2.65. The zero-order chi connectivity index (χ0) is 14.7. The topological polar surface area (TPSA) is 51.3 Å². The summed E-state index contributed by atoms with van der Waals surface area (Å²) >= 11 is 6.10. The molecule has 0 aliphatic carbocycles. The zero-order valence-electron chi connectivity index (χ0n) is 11.6. The second kappa shape index (κ2) is 5.96. The SMILES string of the molecule is Cc1nn(C)c(Cl)c1C=CC(=O)N(C)Cc1ccco1. The van der Waals surface area contributed by atoms with Crippen LogP contribution in [0.3, 0.4) is 0 Å². The Bertz CT molecular complexity index is 629. The van der Waals surface area contributed by atoms with Crippen LogP contribution in [0.15, 0.2) is 28.9 Å².